The average molecular weight is 468 g/mol. The van der Waals surface area contributed by atoms with E-state index in [-0.39, 0.29) is 17.6 Å². The quantitative estimate of drug-likeness (QED) is 0.659. The number of likely N-dealkylation sites (tertiary alicyclic amines) is 1. The van der Waals surface area contributed by atoms with Crippen LogP contribution in [0.2, 0.25) is 0 Å². The molecule has 1 saturated heterocycles. The van der Waals surface area contributed by atoms with Crippen LogP contribution in [0.5, 0.6) is 11.5 Å². The van der Waals surface area contributed by atoms with Gasteiger partial charge in [0.25, 0.3) is 0 Å². The molecule has 2 bridgehead atoms. The van der Waals surface area contributed by atoms with Gasteiger partial charge < -0.3 is 14.9 Å². The molecule has 2 saturated carbocycles. The second kappa shape index (κ2) is 6.65. The SMILES string of the molecule is O=C1/C(=C2/C=Cc3ccccc3C2)C[C@@]2(O)[C@H]3Cc4ccc(O)c5c4[C@@]2(CCN3CC2CC2)[C@H]1O5. The summed E-state index contributed by atoms with van der Waals surface area (Å²) in [6.07, 6.45) is 8.31. The highest BCUT2D eigenvalue weighted by molar-refractivity contribution is 6.04. The molecule has 6 aliphatic rings. The van der Waals surface area contributed by atoms with Crippen LogP contribution in [0, 0.1) is 5.92 Å². The van der Waals surface area contributed by atoms with Crippen molar-refractivity contribution in [3.8, 4) is 11.5 Å². The molecule has 8 rings (SSSR count). The van der Waals surface area contributed by atoms with E-state index in [9.17, 15) is 15.0 Å². The summed E-state index contributed by atoms with van der Waals surface area (Å²) in [5.41, 5.74) is 4.17. The Morgan fingerprint density at radius 3 is 2.80 bits per heavy atom. The van der Waals surface area contributed by atoms with E-state index in [1.165, 1.54) is 24.0 Å². The number of aromatic hydroxyl groups is 1. The fourth-order valence-electron chi connectivity index (χ4n) is 7.95. The van der Waals surface area contributed by atoms with Crippen molar-refractivity contribution in [1.82, 2.24) is 4.90 Å². The number of allylic oxidation sites excluding steroid dienone is 2. The molecule has 2 aromatic carbocycles. The van der Waals surface area contributed by atoms with Gasteiger partial charge in [0.2, 0.25) is 5.78 Å². The first-order valence-electron chi connectivity index (χ1n) is 13.0. The Morgan fingerprint density at radius 1 is 1.09 bits per heavy atom. The number of ether oxygens (including phenoxy) is 1. The number of phenolic OH excluding ortho intramolecular Hbond substituents is 1. The number of carbonyl (C=O) groups excluding carboxylic acids is 1. The van der Waals surface area contributed by atoms with Gasteiger partial charge in [0, 0.05) is 30.1 Å². The minimum atomic E-state index is -1.11. The van der Waals surface area contributed by atoms with Crippen LogP contribution >= 0.6 is 0 Å². The van der Waals surface area contributed by atoms with Crippen molar-refractivity contribution < 1.29 is 19.7 Å². The van der Waals surface area contributed by atoms with Crippen LogP contribution in [0.4, 0.5) is 0 Å². The predicted octanol–water partition coefficient (Wildman–Crippen LogP) is 3.70. The van der Waals surface area contributed by atoms with Gasteiger partial charge >= 0.3 is 0 Å². The summed E-state index contributed by atoms with van der Waals surface area (Å²) >= 11 is 0. The Bertz CT molecular complexity index is 1370. The highest BCUT2D eigenvalue weighted by Crippen LogP contribution is 2.65. The summed E-state index contributed by atoms with van der Waals surface area (Å²) in [6, 6.07) is 11.9. The summed E-state index contributed by atoms with van der Waals surface area (Å²) in [7, 11) is 0. The molecular formula is C30H29NO4. The van der Waals surface area contributed by atoms with E-state index in [0.717, 1.165) is 42.1 Å². The van der Waals surface area contributed by atoms with Gasteiger partial charge in [-0.25, -0.2) is 0 Å². The van der Waals surface area contributed by atoms with E-state index in [1.54, 1.807) is 6.07 Å². The predicted molar refractivity (Wildman–Crippen MR) is 131 cm³/mol. The zero-order chi connectivity index (χ0) is 23.5. The third-order valence-electron chi connectivity index (χ3n) is 9.78. The third kappa shape index (κ3) is 2.48. The Labute approximate surface area is 204 Å². The van der Waals surface area contributed by atoms with E-state index in [0.29, 0.717) is 30.6 Å². The molecule has 0 aromatic heterocycles. The number of fused-ring (bicyclic) bond motifs is 1. The minimum Gasteiger partial charge on any atom is -0.504 e. The Hall–Kier alpha value is -2.89. The molecule has 0 amide bonds. The lowest BCUT2D eigenvalue weighted by Gasteiger charge is -2.63. The van der Waals surface area contributed by atoms with E-state index in [2.05, 4.69) is 29.2 Å². The highest BCUT2D eigenvalue weighted by atomic mass is 16.5. The summed E-state index contributed by atoms with van der Waals surface area (Å²) in [5, 5.41) is 23.5. The van der Waals surface area contributed by atoms with Gasteiger partial charge in [-0.1, -0.05) is 42.5 Å². The molecular weight excluding hydrogens is 438 g/mol. The molecule has 1 spiro atoms. The molecule has 4 atom stereocenters. The zero-order valence-corrected chi connectivity index (χ0v) is 19.7. The van der Waals surface area contributed by atoms with Gasteiger partial charge in [-0.3, -0.25) is 9.69 Å². The lowest BCUT2D eigenvalue weighted by molar-refractivity contribution is -0.180. The summed E-state index contributed by atoms with van der Waals surface area (Å²) < 4.78 is 6.37. The molecule has 2 aromatic rings. The maximum absolute atomic E-state index is 14.2. The van der Waals surface area contributed by atoms with Crippen LogP contribution in [0.25, 0.3) is 6.08 Å². The Balaban J connectivity index is 1.32. The molecule has 0 unspecified atom stereocenters. The fourth-order valence-corrected chi connectivity index (χ4v) is 7.95. The molecule has 3 fully saturated rings. The molecule has 2 aliphatic heterocycles. The average Bonchev–Trinajstić information content (AvgIpc) is 3.60. The topological polar surface area (TPSA) is 70.0 Å². The third-order valence-corrected chi connectivity index (χ3v) is 9.78. The fraction of sp³-hybridized carbons (Fsp3) is 0.433. The van der Waals surface area contributed by atoms with Gasteiger partial charge in [-0.2, -0.15) is 0 Å². The zero-order valence-electron chi connectivity index (χ0n) is 19.7. The monoisotopic (exact) mass is 467 g/mol. The number of ketones is 1. The number of hydrogen-bond acceptors (Lipinski definition) is 5. The Kier molecular flexibility index (Phi) is 3.86. The number of Topliss-reactive ketones (excluding diaryl/α,β-unsaturated/α-hetero) is 1. The summed E-state index contributed by atoms with van der Waals surface area (Å²) in [5.74, 6) is 1.19. The Morgan fingerprint density at radius 2 is 1.94 bits per heavy atom. The van der Waals surface area contributed by atoms with Gasteiger partial charge in [0.15, 0.2) is 17.6 Å². The van der Waals surface area contributed by atoms with Gasteiger partial charge in [0.05, 0.1) is 11.0 Å². The van der Waals surface area contributed by atoms with Crippen LogP contribution in [0.3, 0.4) is 0 Å². The van der Waals surface area contributed by atoms with Crippen molar-refractivity contribution in [2.24, 2.45) is 5.92 Å². The number of benzene rings is 2. The van der Waals surface area contributed by atoms with Crippen LogP contribution < -0.4 is 4.74 Å². The molecule has 5 nitrogen and oxygen atoms in total. The normalized spacial score (nSPS) is 36.5. The van der Waals surface area contributed by atoms with Crippen molar-refractivity contribution in [2.45, 2.75) is 61.7 Å². The molecule has 35 heavy (non-hydrogen) atoms. The van der Waals surface area contributed by atoms with Crippen LogP contribution in [-0.2, 0) is 23.1 Å². The molecule has 178 valence electrons. The van der Waals surface area contributed by atoms with Crippen molar-refractivity contribution in [3.63, 3.8) is 0 Å². The lowest BCUT2D eigenvalue weighted by atomic mass is 9.48. The number of aliphatic hydroxyl groups is 1. The van der Waals surface area contributed by atoms with Crippen LogP contribution in [0.15, 0.2) is 53.6 Å². The number of hydrogen-bond donors (Lipinski definition) is 2. The number of phenols is 1. The first kappa shape index (κ1) is 20.3. The molecule has 4 aliphatic carbocycles. The first-order valence-corrected chi connectivity index (χ1v) is 13.0. The van der Waals surface area contributed by atoms with E-state index >= 15 is 0 Å². The number of piperidine rings is 1. The molecule has 0 radical (unpaired) electrons. The van der Waals surface area contributed by atoms with Gasteiger partial charge in [-0.15, -0.1) is 0 Å². The summed E-state index contributed by atoms with van der Waals surface area (Å²) in [4.78, 5) is 16.7. The second-order valence-electron chi connectivity index (χ2n) is 11.5. The van der Waals surface area contributed by atoms with Crippen LogP contribution in [-0.4, -0.2) is 51.7 Å². The van der Waals surface area contributed by atoms with E-state index in [4.69, 9.17) is 4.74 Å². The van der Waals surface area contributed by atoms with E-state index < -0.39 is 17.1 Å². The molecule has 5 heteroatoms. The second-order valence-corrected chi connectivity index (χ2v) is 11.5. The smallest absolute Gasteiger partial charge is 0.200 e. The lowest BCUT2D eigenvalue weighted by Crippen LogP contribution is -2.77. The summed E-state index contributed by atoms with van der Waals surface area (Å²) in [6.45, 7) is 1.87. The largest absolute Gasteiger partial charge is 0.504 e. The van der Waals surface area contributed by atoms with Crippen molar-refractivity contribution in [1.29, 1.82) is 0 Å². The minimum absolute atomic E-state index is 0.0217. The number of carbonyl (C=O) groups is 1. The van der Waals surface area contributed by atoms with Crippen molar-refractivity contribution in [3.05, 3.63) is 75.9 Å². The van der Waals surface area contributed by atoms with Crippen LogP contribution in [0.1, 0.15) is 47.9 Å². The van der Waals surface area contributed by atoms with E-state index in [1.807, 2.05) is 18.2 Å². The molecule has 2 N–H and O–H groups in total. The first-order chi connectivity index (χ1) is 17.0. The van der Waals surface area contributed by atoms with Gasteiger partial charge in [-0.05, 0) is 72.9 Å². The van der Waals surface area contributed by atoms with Crippen molar-refractivity contribution in [2.75, 3.05) is 13.1 Å². The highest BCUT2D eigenvalue weighted by Gasteiger charge is 2.74. The maximum Gasteiger partial charge on any atom is 0.200 e. The standard InChI is InChI=1S/C30H29NO4/c32-23-10-9-21-14-24-30(34)15-22(20-8-7-18-3-1-2-4-19(18)13-20)26(33)28-29(30,25(21)27(23)35-28)11-12-31(24)16-17-5-6-17/h1-4,7-10,17,24,28,32,34H,5-6,11-16H2/b22-20-/t24-,28+,29+,30-/m1/s1. The van der Waals surface area contributed by atoms with Gasteiger partial charge in [0.1, 0.15) is 0 Å². The number of nitrogens with zero attached hydrogens (tertiary/aromatic N) is 1. The number of rotatable bonds is 2. The van der Waals surface area contributed by atoms with Crippen molar-refractivity contribution >= 4 is 11.9 Å². The maximum atomic E-state index is 14.2. The molecule has 2 heterocycles.